The quantitative estimate of drug-likeness (QED) is 0.234. The van der Waals surface area contributed by atoms with Gasteiger partial charge in [0.1, 0.15) is 17.8 Å². The van der Waals surface area contributed by atoms with E-state index in [1.807, 2.05) is 26.8 Å². The smallest absolute Gasteiger partial charge is 0.352 e. The molecule has 0 radical (unpaired) electrons. The number of nitrogens with one attached hydrogen (secondary N) is 3. The number of likely N-dealkylation sites (N-methyl/N-ethyl adjacent to an activating group) is 1. The Balaban J connectivity index is 1.48. The summed E-state index contributed by atoms with van der Waals surface area (Å²) >= 11 is 0. The number of ether oxygens (including phenoxy) is 3. The Morgan fingerprint density at radius 3 is 2.42 bits per heavy atom. The molecule has 12 nitrogen and oxygen atoms in total. The van der Waals surface area contributed by atoms with Gasteiger partial charge in [-0.1, -0.05) is 26.8 Å². The lowest BCUT2D eigenvalue weighted by molar-refractivity contribution is -0.168. The molecular weight excluding hydrogens is 558 g/mol. The van der Waals surface area contributed by atoms with Crippen molar-refractivity contribution in [2.24, 2.45) is 5.92 Å². The van der Waals surface area contributed by atoms with Gasteiger partial charge in [0.25, 0.3) is 0 Å². The van der Waals surface area contributed by atoms with Gasteiger partial charge in [0, 0.05) is 24.9 Å². The molecule has 3 aliphatic rings. The van der Waals surface area contributed by atoms with E-state index in [4.69, 9.17) is 14.2 Å². The minimum atomic E-state index is -1.34. The Labute approximate surface area is 251 Å². The van der Waals surface area contributed by atoms with Crippen LogP contribution in [0.25, 0.3) is 0 Å². The van der Waals surface area contributed by atoms with Gasteiger partial charge in [-0.15, -0.1) is 0 Å². The minimum absolute atomic E-state index is 0.0654. The van der Waals surface area contributed by atoms with Crippen LogP contribution in [0.1, 0.15) is 71.9 Å². The highest BCUT2D eigenvalue weighted by Gasteiger charge is 2.69. The highest BCUT2D eigenvalue weighted by molar-refractivity contribution is 5.90. The van der Waals surface area contributed by atoms with Crippen molar-refractivity contribution in [1.29, 1.82) is 0 Å². The fourth-order valence-corrected chi connectivity index (χ4v) is 6.82. The van der Waals surface area contributed by atoms with Crippen molar-refractivity contribution >= 4 is 23.8 Å². The molecule has 12 heteroatoms. The van der Waals surface area contributed by atoms with Crippen LogP contribution >= 0.6 is 0 Å². The summed E-state index contributed by atoms with van der Waals surface area (Å²) in [6.45, 7) is 9.81. The van der Waals surface area contributed by atoms with Crippen molar-refractivity contribution in [3.05, 3.63) is 35.1 Å². The van der Waals surface area contributed by atoms with Gasteiger partial charge in [-0.2, -0.15) is 0 Å². The molecule has 7 atom stereocenters. The molecule has 1 heterocycles. The first-order valence-electron chi connectivity index (χ1n) is 14.8. The van der Waals surface area contributed by atoms with Gasteiger partial charge in [-0.3, -0.25) is 9.59 Å². The predicted molar refractivity (Wildman–Crippen MR) is 155 cm³/mol. The maximum Gasteiger partial charge on any atom is 0.352 e. The third-order valence-corrected chi connectivity index (χ3v) is 8.86. The molecule has 43 heavy (non-hydrogen) atoms. The maximum absolute atomic E-state index is 13.2. The van der Waals surface area contributed by atoms with Crippen molar-refractivity contribution in [3.8, 4) is 11.5 Å². The van der Waals surface area contributed by atoms with Crippen LogP contribution in [-0.4, -0.2) is 76.9 Å². The molecule has 0 saturated heterocycles. The summed E-state index contributed by atoms with van der Waals surface area (Å²) in [5.74, 6) is -2.17. The Kier molecular flexibility index (Phi) is 9.13. The summed E-state index contributed by atoms with van der Waals surface area (Å²) in [5, 5.41) is 31.2. The first-order chi connectivity index (χ1) is 20.2. The normalized spacial score (nSPS) is 27.1. The van der Waals surface area contributed by atoms with E-state index in [0.29, 0.717) is 19.3 Å². The number of benzene rings is 1. The highest BCUT2D eigenvalue weighted by Crippen LogP contribution is 2.63. The molecule has 2 amide bonds. The van der Waals surface area contributed by atoms with Crippen molar-refractivity contribution in [2.75, 3.05) is 7.05 Å². The first-order valence-corrected chi connectivity index (χ1v) is 14.8. The monoisotopic (exact) mass is 601 g/mol. The number of phenolic OH excluding ortho intramolecular Hbond substituents is 1. The largest absolute Gasteiger partial charge is 0.504 e. The zero-order valence-corrected chi connectivity index (χ0v) is 25.8. The Morgan fingerprint density at radius 2 is 1.81 bits per heavy atom. The van der Waals surface area contributed by atoms with Crippen LogP contribution in [0.3, 0.4) is 0 Å². The van der Waals surface area contributed by atoms with E-state index in [1.165, 1.54) is 20.8 Å². The third kappa shape index (κ3) is 5.58. The zero-order valence-electron chi connectivity index (χ0n) is 25.8. The third-order valence-electron chi connectivity index (χ3n) is 8.86. The Bertz CT molecular complexity index is 1330. The summed E-state index contributed by atoms with van der Waals surface area (Å²) in [6, 6.07) is 1.14. The second-order valence-electron chi connectivity index (χ2n) is 12.2. The van der Waals surface area contributed by atoms with Crippen LogP contribution < -0.4 is 20.7 Å². The minimum Gasteiger partial charge on any atom is -0.504 e. The van der Waals surface area contributed by atoms with Gasteiger partial charge in [0.2, 0.25) is 11.8 Å². The van der Waals surface area contributed by atoms with Crippen LogP contribution in [0.15, 0.2) is 24.0 Å². The second kappa shape index (κ2) is 12.2. The second-order valence-corrected chi connectivity index (χ2v) is 12.2. The maximum atomic E-state index is 13.2. The number of carbonyl (C=O) groups excluding carboxylic acids is 4. The number of amides is 2. The van der Waals surface area contributed by atoms with Gasteiger partial charge in [-0.25, -0.2) is 9.59 Å². The first kappa shape index (κ1) is 32.3. The fourth-order valence-electron chi connectivity index (χ4n) is 6.82. The van der Waals surface area contributed by atoms with Crippen LogP contribution in [0, 0.1) is 5.92 Å². The molecule has 1 aromatic carbocycles. The molecule has 236 valence electrons. The van der Waals surface area contributed by atoms with Gasteiger partial charge < -0.3 is 40.4 Å². The molecule has 0 spiro atoms. The van der Waals surface area contributed by atoms with Gasteiger partial charge in [-0.05, 0) is 63.8 Å². The van der Waals surface area contributed by atoms with E-state index in [2.05, 4.69) is 16.0 Å². The molecule has 0 aromatic heterocycles. The Hall–Kier alpha value is -3.64. The summed E-state index contributed by atoms with van der Waals surface area (Å²) < 4.78 is 17.3. The van der Waals surface area contributed by atoms with Crippen LogP contribution in [0.4, 0.5) is 0 Å². The van der Waals surface area contributed by atoms with E-state index in [9.17, 15) is 29.4 Å². The molecule has 0 saturated carbocycles. The number of hydrogen-bond donors (Lipinski definition) is 5. The number of hydrogen-bond acceptors (Lipinski definition) is 10. The number of aliphatic hydroxyl groups is 1. The standard InChI is InChI=1S/C31H43N3O9/c1-8-30-24-19-9-10-21(36)25(24)43-26(30)22(11-12-31(30,40)23(14-19)32-7)42-29(39)17(5)41-28(38)16(4)33-27(37)20(13-15(2)3)34-18(6)35/h9-11,15-17,20,23,26,32,36,40H,8,12-14H2,1-7H3,(H,33,37)(H,34,35)/t16-,17-,20-,23+,26-,30-,31+/m0/s1. The fraction of sp³-hybridized carbons (Fsp3) is 0.613. The molecule has 1 aromatic rings. The lowest BCUT2D eigenvalue weighted by atomic mass is 9.52. The van der Waals surface area contributed by atoms with Gasteiger partial charge >= 0.3 is 11.9 Å². The topological polar surface area (TPSA) is 173 Å². The van der Waals surface area contributed by atoms with Gasteiger partial charge in [0.15, 0.2) is 23.7 Å². The van der Waals surface area contributed by atoms with Crippen LogP contribution in [0.5, 0.6) is 11.5 Å². The zero-order chi connectivity index (χ0) is 31.9. The SMILES string of the molecule is CC[C@]12c3c4ccc(O)c3O[C@H]1C(OC(=O)[C@H](C)OC(=O)[C@H](C)NC(=O)[C@H](CC(C)C)NC(C)=O)=CC[C@@]2(O)[C@H](NC)C4. The van der Waals surface area contributed by atoms with Crippen molar-refractivity contribution in [1.82, 2.24) is 16.0 Å². The van der Waals surface area contributed by atoms with Crippen molar-refractivity contribution in [2.45, 2.75) is 109 Å². The number of aromatic hydroxyl groups is 1. The molecule has 0 bridgehead atoms. The summed E-state index contributed by atoms with van der Waals surface area (Å²) in [4.78, 5) is 50.2. The molecule has 1 aliphatic heterocycles. The summed E-state index contributed by atoms with van der Waals surface area (Å²) in [7, 11) is 1.78. The molecular formula is C31H43N3O9. The number of rotatable bonds is 11. The number of esters is 2. The van der Waals surface area contributed by atoms with Crippen LogP contribution in [-0.2, 0) is 40.5 Å². The van der Waals surface area contributed by atoms with E-state index < -0.39 is 53.2 Å². The van der Waals surface area contributed by atoms with E-state index in [-0.39, 0.29) is 41.5 Å². The van der Waals surface area contributed by atoms with E-state index in [1.54, 1.807) is 19.2 Å². The highest BCUT2D eigenvalue weighted by atomic mass is 16.6. The summed E-state index contributed by atoms with van der Waals surface area (Å²) in [6.07, 6.45) is 0.864. The van der Waals surface area contributed by atoms with Crippen molar-refractivity contribution < 1.29 is 43.6 Å². The predicted octanol–water partition coefficient (Wildman–Crippen LogP) is 1.49. The van der Waals surface area contributed by atoms with Crippen molar-refractivity contribution in [3.63, 3.8) is 0 Å². The number of carbonyl (C=O) groups is 4. The molecule has 4 rings (SSSR count). The molecule has 2 aliphatic carbocycles. The lowest BCUT2D eigenvalue weighted by Crippen LogP contribution is -2.70. The van der Waals surface area contributed by atoms with E-state index >= 15 is 0 Å². The van der Waals surface area contributed by atoms with Crippen LogP contribution in [0.2, 0.25) is 0 Å². The number of phenols is 1. The average Bonchev–Trinajstić information content (AvgIpc) is 3.32. The average molecular weight is 602 g/mol. The van der Waals surface area contributed by atoms with Gasteiger partial charge in [0.05, 0.1) is 11.0 Å². The molecule has 0 unspecified atom stereocenters. The molecule has 5 N–H and O–H groups in total. The summed E-state index contributed by atoms with van der Waals surface area (Å²) in [5.41, 5.74) is -0.651. The lowest BCUT2D eigenvalue weighted by Gasteiger charge is -2.56. The van der Waals surface area contributed by atoms with E-state index in [0.717, 1.165) is 11.1 Å². The molecule has 0 fully saturated rings. The Morgan fingerprint density at radius 1 is 1.12 bits per heavy atom.